The molecule has 1 amide bonds. The van der Waals surface area contributed by atoms with Crippen LogP contribution >= 0.6 is 0 Å². The van der Waals surface area contributed by atoms with Crippen LogP contribution in [0.1, 0.15) is 38.7 Å². The summed E-state index contributed by atoms with van der Waals surface area (Å²) in [6.45, 7) is 4.77. The van der Waals surface area contributed by atoms with E-state index in [-0.39, 0.29) is 13.0 Å². The number of halogens is 2. The second kappa shape index (κ2) is 6.34. The Labute approximate surface area is 135 Å². The van der Waals surface area contributed by atoms with Gasteiger partial charge in [0, 0.05) is 6.54 Å². The maximum Gasteiger partial charge on any atom is 0.410 e. The molecule has 0 aliphatic carbocycles. The van der Waals surface area contributed by atoms with Crippen LogP contribution < -0.4 is 4.74 Å². The molecule has 2 rings (SSSR count). The van der Waals surface area contributed by atoms with Crippen molar-refractivity contribution in [3.05, 3.63) is 29.8 Å². The predicted octanol–water partition coefficient (Wildman–Crippen LogP) is 4.05. The largest absolute Gasteiger partial charge is 0.497 e. The molecule has 4 nitrogen and oxygen atoms in total. The molecule has 1 aromatic carbocycles. The summed E-state index contributed by atoms with van der Waals surface area (Å²) in [5.41, 5.74) is -0.140. The van der Waals surface area contributed by atoms with Gasteiger partial charge < -0.3 is 14.4 Å². The van der Waals surface area contributed by atoms with Crippen molar-refractivity contribution < 1.29 is 23.0 Å². The van der Waals surface area contributed by atoms with Gasteiger partial charge in [0.15, 0.2) is 0 Å². The van der Waals surface area contributed by atoms with E-state index in [4.69, 9.17) is 9.47 Å². The summed E-state index contributed by atoms with van der Waals surface area (Å²) in [6.07, 6.45) is -0.496. The van der Waals surface area contributed by atoms with E-state index < -0.39 is 30.1 Å². The lowest BCUT2D eigenvalue weighted by Gasteiger charge is -2.39. The first-order valence-electron chi connectivity index (χ1n) is 7.62. The summed E-state index contributed by atoms with van der Waals surface area (Å²) in [4.78, 5) is 13.1. The molecule has 1 heterocycles. The van der Waals surface area contributed by atoms with Gasteiger partial charge >= 0.3 is 6.09 Å². The number of benzene rings is 1. The highest BCUT2D eigenvalue weighted by atomic mass is 19.3. The Bertz CT molecular complexity index is 552. The Kier molecular flexibility index (Phi) is 4.82. The molecule has 1 aliphatic heterocycles. The smallest absolute Gasteiger partial charge is 0.410 e. The number of likely N-dealkylation sites (tertiary alicyclic amines) is 1. The zero-order valence-corrected chi connectivity index (χ0v) is 13.9. The number of piperidine rings is 1. The van der Waals surface area contributed by atoms with Gasteiger partial charge in [-0.1, -0.05) is 12.1 Å². The average molecular weight is 327 g/mol. The third-order valence-electron chi connectivity index (χ3n) is 3.77. The van der Waals surface area contributed by atoms with E-state index >= 15 is 0 Å². The zero-order chi connectivity index (χ0) is 17.3. The quantitative estimate of drug-likeness (QED) is 0.822. The Morgan fingerprint density at radius 3 is 2.35 bits per heavy atom. The van der Waals surface area contributed by atoms with Crippen molar-refractivity contribution in [1.29, 1.82) is 0 Å². The maximum atomic E-state index is 14.5. The molecule has 0 bridgehead atoms. The molecule has 23 heavy (non-hydrogen) atoms. The SMILES string of the molecule is COc1ccc([C@H]2CCN(C(=O)OC(C)(C)C)CC2(F)F)cc1. The number of rotatable bonds is 2. The summed E-state index contributed by atoms with van der Waals surface area (Å²) in [7, 11) is 1.53. The minimum absolute atomic E-state index is 0.193. The number of carbonyl (C=O) groups excluding carboxylic acids is 1. The van der Waals surface area contributed by atoms with Gasteiger partial charge in [-0.05, 0) is 44.9 Å². The average Bonchev–Trinajstić information content (AvgIpc) is 2.44. The van der Waals surface area contributed by atoms with Gasteiger partial charge in [0.25, 0.3) is 5.92 Å². The number of hydrogen-bond acceptors (Lipinski definition) is 3. The Balaban J connectivity index is 2.09. The van der Waals surface area contributed by atoms with E-state index in [1.54, 1.807) is 45.0 Å². The number of nitrogens with zero attached hydrogens (tertiary/aromatic N) is 1. The van der Waals surface area contributed by atoms with Crippen molar-refractivity contribution in [3.8, 4) is 5.75 Å². The number of hydrogen-bond donors (Lipinski definition) is 0. The first-order valence-corrected chi connectivity index (χ1v) is 7.62. The highest BCUT2D eigenvalue weighted by Crippen LogP contribution is 2.40. The fraction of sp³-hybridized carbons (Fsp3) is 0.588. The highest BCUT2D eigenvalue weighted by molar-refractivity contribution is 5.68. The molecule has 1 atom stereocenters. The van der Waals surface area contributed by atoms with E-state index in [9.17, 15) is 13.6 Å². The van der Waals surface area contributed by atoms with Crippen LogP contribution in [0.25, 0.3) is 0 Å². The van der Waals surface area contributed by atoms with Crippen molar-refractivity contribution in [3.63, 3.8) is 0 Å². The summed E-state index contributed by atoms with van der Waals surface area (Å²) in [5.74, 6) is -3.28. The minimum atomic E-state index is -3.00. The molecule has 1 fully saturated rings. The predicted molar refractivity (Wildman–Crippen MR) is 83.1 cm³/mol. The van der Waals surface area contributed by atoms with E-state index in [1.165, 1.54) is 7.11 Å². The number of carbonyl (C=O) groups is 1. The highest BCUT2D eigenvalue weighted by Gasteiger charge is 2.47. The van der Waals surface area contributed by atoms with Crippen molar-refractivity contribution >= 4 is 6.09 Å². The fourth-order valence-electron chi connectivity index (χ4n) is 2.67. The molecule has 0 aromatic heterocycles. The van der Waals surface area contributed by atoms with Gasteiger partial charge in [-0.2, -0.15) is 0 Å². The van der Waals surface area contributed by atoms with E-state index in [1.807, 2.05) is 0 Å². The standard InChI is InChI=1S/C17H23F2NO3/c1-16(2,3)23-15(21)20-10-9-14(17(18,19)11-20)12-5-7-13(22-4)8-6-12/h5-8,14H,9-11H2,1-4H3/t14-/m1/s1. The van der Waals surface area contributed by atoms with Crippen LogP contribution in [0.3, 0.4) is 0 Å². The van der Waals surface area contributed by atoms with Crippen LogP contribution in [0.15, 0.2) is 24.3 Å². The molecule has 1 aromatic rings. The zero-order valence-electron chi connectivity index (χ0n) is 13.9. The number of methoxy groups -OCH3 is 1. The van der Waals surface area contributed by atoms with Crippen LogP contribution in [0.4, 0.5) is 13.6 Å². The van der Waals surface area contributed by atoms with Crippen LogP contribution in [0.2, 0.25) is 0 Å². The Morgan fingerprint density at radius 1 is 1.26 bits per heavy atom. The van der Waals surface area contributed by atoms with Crippen LogP contribution in [0, 0.1) is 0 Å². The van der Waals surface area contributed by atoms with E-state index in [0.29, 0.717) is 11.3 Å². The summed E-state index contributed by atoms with van der Waals surface area (Å²) >= 11 is 0. The summed E-state index contributed by atoms with van der Waals surface area (Å²) in [5, 5.41) is 0. The van der Waals surface area contributed by atoms with Crippen molar-refractivity contribution in [2.75, 3.05) is 20.2 Å². The van der Waals surface area contributed by atoms with Gasteiger partial charge in [-0.3, -0.25) is 0 Å². The van der Waals surface area contributed by atoms with Crippen molar-refractivity contribution in [1.82, 2.24) is 4.90 Å². The van der Waals surface area contributed by atoms with Crippen LogP contribution in [-0.4, -0.2) is 42.7 Å². The second-order valence-corrected chi connectivity index (χ2v) is 6.78. The molecule has 0 spiro atoms. The van der Waals surface area contributed by atoms with Gasteiger partial charge in [0.05, 0.1) is 19.6 Å². The monoisotopic (exact) mass is 327 g/mol. The lowest BCUT2D eigenvalue weighted by atomic mass is 9.86. The third-order valence-corrected chi connectivity index (χ3v) is 3.77. The number of amides is 1. The molecular formula is C17H23F2NO3. The molecule has 0 N–H and O–H groups in total. The third kappa shape index (κ3) is 4.33. The number of ether oxygens (including phenoxy) is 2. The maximum absolute atomic E-state index is 14.5. The van der Waals surface area contributed by atoms with Gasteiger partial charge in [-0.25, -0.2) is 13.6 Å². The molecule has 6 heteroatoms. The minimum Gasteiger partial charge on any atom is -0.497 e. The molecule has 0 saturated carbocycles. The Morgan fingerprint density at radius 2 is 1.87 bits per heavy atom. The molecule has 0 unspecified atom stereocenters. The molecular weight excluding hydrogens is 304 g/mol. The Hall–Kier alpha value is -1.85. The lowest BCUT2D eigenvalue weighted by molar-refractivity contribution is -0.0848. The number of alkyl halides is 2. The van der Waals surface area contributed by atoms with E-state index in [2.05, 4.69) is 0 Å². The first kappa shape index (κ1) is 17.5. The topological polar surface area (TPSA) is 38.8 Å². The lowest BCUT2D eigenvalue weighted by Crippen LogP contribution is -2.50. The van der Waals surface area contributed by atoms with Crippen LogP contribution in [0.5, 0.6) is 5.75 Å². The molecule has 1 saturated heterocycles. The molecule has 1 aliphatic rings. The van der Waals surface area contributed by atoms with E-state index in [0.717, 1.165) is 4.90 Å². The summed E-state index contributed by atoms with van der Waals surface area (Å²) in [6, 6.07) is 6.65. The summed E-state index contributed by atoms with van der Waals surface area (Å²) < 4.78 is 39.2. The van der Waals surface area contributed by atoms with Gasteiger partial charge in [-0.15, -0.1) is 0 Å². The van der Waals surface area contributed by atoms with Gasteiger partial charge in [0.1, 0.15) is 11.4 Å². The van der Waals surface area contributed by atoms with Crippen molar-refractivity contribution in [2.45, 2.75) is 44.6 Å². The molecule has 128 valence electrons. The normalized spacial score (nSPS) is 21.0. The van der Waals surface area contributed by atoms with Crippen molar-refractivity contribution in [2.24, 2.45) is 0 Å². The second-order valence-electron chi connectivity index (χ2n) is 6.78. The van der Waals surface area contributed by atoms with Crippen LogP contribution in [-0.2, 0) is 4.74 Å². The first-order chi connectivity index (χ1) is 10.6. The van der Waals surface area contributed by atoms with Gasteiger partial charge in [0.2, 0.25) is 0 Å². The molecule has 0 radical (unpaired) electrons. The fourth-order valence-corrected chi connectivity index (χ4v) is 2.67.